The van der Waals surface area contributed by atoms with Crippen molar-refractivity contribution in [3.8, 4) is 0 Å². The van der Waals surface area contributed by atoms with E-state index in [9.17, 15) is 15.0 Å². The lowest BCUT2D eigenvalue weighted by molar-refractivity contribution is -0.138. The van der Waals surface area contributed by atoms with E-state index in [1.165, 1.54) is 17.2 Å². The van der Waals surface area contributed by atoms with Gasteiger partial charge in [-0.2, -0.15) is 0 Å². The maximum absolute atomic E-state index is 10.8. The molecule has 0 saturated carbocycles. The van der Waals surface area contributed by atoms with Gasteiger partial charge in [0.2, 0.25) is 0 Å². The van der Waals surface area contributed by atoms with Crippen LogP contribution >= 0.6 is 0 Å². The number of aliphatic hydroxyl groups excluding tert-OH is 2. The molecule has 0 bridgehead atoms. The van der Waals surface area contributed by atoms with Crippen LogP contribution in [0.15, 0.2) is 12.7 Å². The number of carboxylic acids is 1. The van der Waals surface area contributed by atoms with Gasteiger partial charge in [-0.15, -0.1) is 0 Å². The number of nitrogen functional groups attached to an aromatic ring is 1. The van der Waals surface area contributed by atoms with Crippen molar-refractivity contribution in [2.45, 2.75) is 55.9 Å². The number of hydrogen-bond acceptors (Lipinski definition) is 10. The number of carbonyl (C=O) groups is 1. The van der Waals surface area contributed by atoms with E-state index in [0.29, 0.717) is 17.6 Å². The molecule has 9 N–H and O–H groups in total. The Morgan fingerprint density at radius 1 is 1.22 bits per heavy atom. The fourth-order valence-electron chi connectivity index (χ4n) is 3.14. The van der Waals surface area contributed by atoms with E-state index in [0.717, 1.165) is 0 Å². The molecule has 0 amide bonds. The van der Waals surface area contributed by atoms with Crippen molar-refractivity contribution in [1.82, 2.24) is 19.5 Å². The minimum atomic E-state index is -1.22. The molecular formula is C15H23N7O5. The molecule has 1 aliphatic heterocycles. The molecule has 1 aliphatic rings. The molecule has 12 heteroatoms. The number of hydrogen-bond donors (Lipinski definition) is 6. The Morgan fingerprint density at radius 3 is 2.67 bits per heavy atom. The van der Waals surface area contributed by atoms with Crippen molar-refractivity contribution in [3.05, 3.63) is 12.7 Å². The molecule has 0 aromatic carbocycles. The Hall–Kier alpha value is -2.38. The third kappa shape index (κ3) is 3.84. The summed E-state index contributed by atoms with van der Waals surface area (Å²) in [5.41, 5.74) is 18.0. The van der Waals surface area contributed by atoms with Gasteiger partial charge in [-0.3, -0.25) is 9.36 Å². The minimum absolute atomic E-state index is 0.195. The number of nitrogens with two attached hydrogens (primary N) is 3. The normalized spacial score (nSPS) is 27.7. The molecule has 6 atom stereocenters. The lowest BCUT2D eigenvalue weighted by Gasteiger charge is -2.20. The summed E-state index contributed by atoms with van der Waals surface area (Å²) >= 11 is 0. The number of imidazole rings is 1. The highest BCUT2D eigenvalue weighted by atomic mass is 16.6. The van der Waals surface area contributed by atoms with Gasteiger partial charge in [0, 0.05) is 6.04 Å². The number of nitrogens with zero attached hydrogens (tertiary/aromatic N) is 4. The molecule has 0 spiro atoms. The number of rotatable bonds is 7. The second-order valence-corrected chi connectivity index (χ2v) is 6.65. The number of aliphatic hydroxyl groups is 2. The standard InChI is InChI=1S/C15H23N7O5/c16-6(1-2-7(17)15(25)26)3-8-10(23)11(24)14(27-8)22-5-21-9-12(18)19-4-20-13(9)22/h4-8,10-11,14,23-24H,1-3,16-17H2,(H,25,26)(H2,18,19,20)/t6-,7+,8+,10-,11+,14-/m1/s1. The molecule has 12 nitrogen and oxygen atoms in total. The number of carboxylic acid groups (broad SMARTS) is 1. The van der Waals surface area contributed by atoms with Crippen molar-refractivity contribution in [1.29, 1.82) is 0 Å². The van der Waals surface area contributed by atoms with Gasteiger partial charge in [0.1, 0.15) is 30.1 Å². The van der Waals surface area contributed by atoms with E-state index >= 15 is 0 Å². The SMILES string of the molecule is Nc1ncnc2c1ncn2[C@@H]1O[C@@H](C[C@H](N)CC[C@H](N)C(=O)O)[C@@H](O)[C@@H]1O. The van der Waals surface area contributed by atoms with Crippen molar-refractivity contribution < 1.29 is 24.9 Å². The molecule has 1 saturated heterocycles. The first-order chi connectivity index (χ1) is 12.8. The second kappa shape index (κ2) is 7.70. The highest BCUT2D eigenvalue weighted by molar-refractivity contribution is 5.81. The number of aromatic nitrogens is 4. The minimum Gasteiger partial charge on any atom is -0.480 e. The number of aliphatic carboxylic acids is 1. The second-order valence-electron chi connectivity index (χ2n) is 6.65. The predicted octanol–water partition coefficient (Wildman–Crippen LogP) is -2.06. The Bertz CT molecular complexity index is 815. The van der Waals surface area contributed by atoms with Crippen LogP contribution in [0, 0.1) is 0 Å². The maximum atomic E-state index is 10.8. The first-order valence-corrected chi connectivity index (χ1v) is 8.48. The largest absolute Gasteiger partial charge is 0.480 e. The predicted molar refractivity (Wildman–Crippen MR) is 93.1 cm³/mol. The van der Waals surface area contributed by atoms with Gasteiger partial charge < -0.3 is 37.3 Å². The van der Waals surface area contributed by atoms with Crippen molar-refractivity contribution in [2.24, 2.45) is 11.5 Å². The average molecular weight is 381 g/mol. The summed E-state index contributed by atoms with van der Waals surface area (Å²) in [6.07, 6.45) is -0.604. The maximum Gasteiger partial charge on any atom is 0.320 e. The Labute approximate surface area is 154 Å². The van der Waals surface area contributed by atoms with Crippen LogP contribution in [-0.4, -0.2) is 71.2 Å². The highest BCUT2D eigenvalue weighted by Gasteiger charge is 2.44. The lowest BCUT2D eigenvalue weighted by atomic mass is 9.98. The Balaban J connectivity index is 1.68. The molecule has 148 valence electrons. The number of fused-ring (bicyclic) bond motifs is 1. The van der Waals surface area contributed by atoms with Crippen LogP contribution in [0.2, 0.25) is 0 Å². The molecule has 2 aromatic rings. The molecule has 3 heterocycles. The first-order valence-electron chi connectivity index (χ1n) is 8.48. The van der Waals surface area contributed by atoms with E-state index < -0.39 is 42.6 Å². The van der Waals surface area contributed by atoms with Gasteiger partial charge >= 0.3 is 5.97 Å². The van der Waals surface area contributed by atoms with Gasteiger partial charge in [-0.05, 0) is 19.3 Å². The third-order valence-corrected chi connectivity index (χ3v) is 4.70. The van der Waals surface area contributed by atoms with Crippen LogP contribution in [0.5, 0.6) is 0 Å². The van der Waals surface area contributed by atoms with Crippen LogP contribution in [0.3, 0.4) is 0 Å². The number of anilines is 1. The molecule has 0 unspecified atom stereocenters. The van der Waals surface area contributed by atoms with E-state index in [4.69, 9.17) is 27.0 Å². The summed E-state index contributed by atoms with van der Waals surface area (Å²) in [4.78, 5) is 22.8. The summed E-state index contributed by atoms with van der Waals surface area (Å²) in [6.45, 7) is 0. The van der Waals surface area contributed by atoms with Crippen LogP contribution < -0.4 is 17.2 Å². The number of ether oxygens (including phenoxy) is 1. The Morgan fingerprint density at radius 2 is 1.96 bits per heavy atom. The Kier molecular flexibility index (Phi) is 5.53. The smallest absolute Gasteiger partial charge is 0.320 e. The summed E-state index contributed by atoms with van der Waals surface area (Å²) in [7, 11) is 0. The van der Waals surface area contributed by atoms with E-state index in [2.05, 4.69) is 15.0 Å². The summed E-state index contributed by atoms with van der Waals surface area (Å²) in [6, 6.07) is -1.44. The summed E-state index contributed by atoms with van der Waals surface area (Å²) in [5.74, 6) is -0.900. The highest BCUT2D eigenvalue weighted by Crippen LogP contribution is 2.33. The van der Waals surface area contributed by atoms with E-state index in [1.54, 1.807) is 0 Å². The van der Waals surface area contributed by atoms with Gasteiger partial charge in [-0.1, -0.05) is 0 Å². The lowest BCUT2D eigenvalue weighted by Crippen LogP contribution is -2.37. The molecule has 0 radical (unpaired) electrons. The zero-order valence-electron chi connectivity index (χ0n) is 14.4. The van der Waals surface area contributed by atoms with Crippen LogP contribution in [-0.2, 0) is 9.53 Å². The van der Waals surface area contributed by atoms with Crippen LogP contribution in [0.1, 0.15) is 25.5 Å². The molecule has 27 heavy (non-hydrogen) atoms. The van der Waals surface area contributed by atoms with Crippen molar-refractivity contribution in [2.75, 3.05) is 5.73 Å². The molecular weight excluding hydrogens is 358 g/mol. The average Bonchev–Trinajstić information content (AvgIpc) is 3.17. The zero-order valence-corrected chi connectivity index (χ0v) is 14.4. The fraction of sp³-hybridized carbons (Fsp3) is 0.600. The zero-order chi connectivity index (χ0) is 19.7. The fourth-order valence-corrected chi connectivity index (χ4v) is 3.14. The first kappa shape index (κ1) is 19.4. The molecule has 2 aromatic heterocycles. The van der Waals surface area contributed by atoms with E-state index in [1.807, 2.05) is 0 Å². The topological polar surface area (TPSA) is 209 Å². The molecule has 0 aliphatic carbocycles. The quantitative estimate of drug-likeness (QED) is 0.307. The van der Waals surface area contributed by atoms with Gasteiger partial charge in [0.25, 0.3) is 0 Å². The van der Waals surface area contributed by atoms with Crippen molar-refractivity contribution in [3.63, 3.8) is 0 Å². The summed E-state index contributed by atoms with van der Waals surface area (Å²) < 4.78 is 7.28. The molecule has 1 fully saturated rings. The summed E-state index contributed by atoms with van der Waals surface area (Å²) in [5, 5.41) is 29.5. The monoisotopic (exact) mass is 381 g/mol. The van der Waals surface area contributed by atoms with Gasteiger partial charge in [0.05, 0.1) is 12.4 Å². The third-order valence-electron chi connectivity index (χ3n) is 4.70. The van der Waals surface area contributed by atoms with Gasteiger partial charge in [-0.25, -0.2) is 15.0 Å². The van der Waals surface area contributed by atoms with E-state index in [-0.39, 0.29) is 18.7 Å². The van der Waals surface area contributed by atoms with Crippen molar-refractivity contribution >= 4 is 23.0 Å². The molecule has 3 rings (SSSR count). The van der Waals surface area contributed by atoms with Gasteiger partial charge in [0.15, 0.2) is 17.7 Å². The van der Waals surface area contributed by atoms with Crippen LogP contribution in [0.4, 0.5) is 5.82 Å². The van der Waals surface area contributed by atoms with Crippen LogP contribution in [0.25, 0.3) is 11.2 Å².